The number of β-lactam (4-membered cyclic amide) rings is 1. The molecule has 5 amide bonds. The van der Waals surface area contributed by atoms with E-state index in [0.29, 0.717) is 0 Å². The Morgan fingerprint density at radius 1 is 0.850 bits per heavy atom. The predicted octanol–water partition coefficient (Wildman–Crippen LogP) is 1.38. The zero-order valence-electron chi connectivity index (χ0n) is 32.7. The van der Waals surface area contributed by atoms with Gasteiger partial charge >= 0.3 is 29.8 Å². The second-order valence-corrected chi connectivity index (χ2v) is 14.4. The Kier molecular flexibility index (Phi) is 15.8. The number of carboxylic acids is 1. The number of para-hydroxylation sites is 2. The molecule has 2 aliphatic rings. The van der Waals surface area contributed by atoms with Gasteiger partial charge in [0.1, 0.15) is 17.5 Å². The molecule has 60 heavy (non-hydrogen) atoms. The fraction of sp³-hybridized carbons (Fsp3) is 0.368. The van der Waals surface area contributed by atoms with Crippen LogP contribution in [0.15, 0.2) is 47.1 Å². The Bertz CT molecular complexity index is 2160. The van der Waals surface area contributed by atoms with Crippen molar-refractivity contribution in [3.8, 4) is 23.0 Å². The molecule has 1 saturated heterocycles. The monoisotopic (exact) mass is 873 g/mol. The molecule has 0 bridgehead atoms. The Morgan fingerprint density at radius 3 is 1.95 bits per heavy atom. The number of esters is 4. The number of nitrogens with one attached hydrogen (secondary N) is 3. The minimum atomic E-state index is -1.39. The molecule has 1 unspecified atom stereocenters. The highest BCUT2D eigenvalue weighted by Crippen LogP contribution is 2.38. The molecule has 4 N–H and O–H groups in total. The lowest BCUT2D eigenvalue weighted by Gasteiger charge is -2.49. The number of nitrogens with zero attached hydrogens (tertiary/aromatic N) is 2. The van der Waals surface area contributed by atoms with Crippen LogP contribution in [0.3, 0.4) is 0 Å². The van der Waals surface area contributed by atoms with Crippen molar-refractivity contribution < 1.29 is 72.0 Å². The summed E-state index contributed by atoms with van der Waals surface area (Å²) in [6, 6.07) is 6.27. The van der Waals surface area contributed by atoms with Gasteiger partial charge in [-0.15, -0.1) is 9.24 Å². The summed E-state index contributed by atoms with van der Waals surface area (Å²) in [7, 11) is 2.10. The van der Waals surface area contributed by atoms with Gasteiger partial charge in [0.2, 0.25) is 11.8 Å². The maximum Gasteiger partial charge on any atom is 0.353 e. The largest absolute Gasteiger partial charge is 0.477 e. The van der Waals surface area contributed by atoms with Crippen molar-refractivity contribution in [2.75, 3.05) is 19.6 Å². The van der Waals surface area contributed by atoms with Crippen LogP contribution in [0.4, 0.5) is 0 Å². The third-order valence-corrected chi connectivity index (χ3v) is 9.51. The van der Waals surface area contributed by atoms with E-state index in [1.807, 2.05) is 0 Å². The molecule has 0 aliphatic carbocycles. The van der Waals surface area contributed by atoms with Crippen LogP contribution in [-0.4, -0.2) is 112 Å². The first-order valence-electron chi connectivity index (χ1n) is 18.2. The Balaban J connectivity index is 1.47. The highest BCUT2D eigenvalue weighted by atomic mass is 35.5. The number of rotatable bonds is 17. The lowest BCUT2D eigenvalue weighted by Crippen LogP contribution is -2.72. The number of carbonyl (C=O) groups is 10. The zero-order valence-corrected chi connectivity index (χ0v) is 34.6. The normalized spacial score (nSPS) is 15.9. The average Bonchev–Trinajstić information content (AvgIpc) is 3.16. The van der Waals surface area contributed by atoms with E-state index in [4.69, 9.17) is 30.5 Å². The maximum absolute atomic E-state index is 14.1. The summed E-state index contributed by atoms with van der Waals surface area (Å²) in [5.74, 6) is -10.8. The van der Waals surface area contributed by atoms with Crippen LogP contribution in [0.2, 0.25) is 0 Å². The number of amides is 5. The molecule has 0 spiro atoms. The van der Waals surface area contributed by atoms with Crippen LogP contribution in [0.5, 0.6) is 23.0 Å². The average molecular weight is 874 g/mol. The van der Waals surface area contributed by atoms with E-state index in [0.717, 1.165) is 37.5 Å². The molecule has 2 heterocycles. The number of hydrogen-bond acceptors (Lipinski definition) is 14. The van der Waals surface area contributed by atoms with Gasteiger partial charge in [-0.2, -0.15) is 0 Å². The minimum Gasteiger partial charge on any atom is -0.477 e. The standard InChI is InChI=1S/C38H41ClN5O15P/c1-18(45)56-26-11-7-9-22(31(26)58-20(3)47)33(50)40-15-5-6-16-43(36(52)23-10-8-12-27(57-19(2)46)32(23)59-21(4)48)17-28(49)41-35(60)34(51)42-29-25-14-13-24(39)30(38(54)55)44(25)37(29)53/h7-12,25,29,35H,5-6,13-17,60H2,1-4H3,(H,40,50)(H,41,49)(H,42,51)(H,54,55)/t25-,29+,35+/m1/s1. The second kappa shape index (κ2) is 20.5. The first-order chi connectivity index (χ1) is 28.3. The molecular weight excluding hydrogens is 833 g/mol. The van der Waals surface area contributed by atoms with E-state index in [1.54, 1.807) is 0 Å². The lowest BCUT2D eigenvalue weighted by atomic mass is 9.86. The van der Waals surface area contributed by atoms with Crippen LogP contribution < -0.4 is 34.9 Å². The van der Waals surface area contributed by atoms with Crippen LogP contribution >= 0.6 is 20.8 Å². The van der Waals surface area contributed by atoms with Crippen molar-refractivity contribution in [1.29, 1.82) is 0 Å². The SMILES string of the molecule is CC(=O)Oc1cccc(C(=O)NCCCCN(CC(=O)N[C@@H](P)C(=O)N[C@@H]2C(=O)N3C(C(=O)O)=C(Cl)CC[C@H]23)C(=O)c2cccc(OC(C)=O)c2OC(C)=O)c1OC(C)=O. The zero-order chi connectivity index (χ0) is 44.4. The fourth-order valence-electron chi connectivity index (χ4n) is 6.21. The summed E-state index contributed by atoms with van der Waals surface area (Å²) in [5.41, 5.74) is -0.727. The Hall–Kier alpha value is -6.40. The first kappa shape index (κ1) is 46.3. The molecule has 2 aromatic carbocycles. The van der Waals surface area contributed by atoms with Crippen LogP contribution in [-0.2, 0) is 38.4 Å². The number of unbranched alkanes of at least 4 members (excludes halogenated alkanes) is 1. The van der Waals surface area contributed by atoms with E-state index in [-0.39, 0.29) is 77.9 Å². The van der Waals surface area contributed by atoms with Crippen LogP contribution in [0.1, 0.15) is 74.1 Å². The van der Waals surface area contributed by atoms with Gasteiger partial charge in [0.15, 0.2) is 23.0 Å². The number of allylic oxidation sites excluding steroid dienone is 1. The number of benzene rings is 2. The third-order valence-electron chi connectivity index (χ3n) is 8.67. The Morgan fingerprint density at radius 2 is 1.40 bits per heavy atom. The van der Waals surface area contributed by atoms with Gasteiger partial charge in [-0.3, -0.25) is 48.1 Å². The molecule has 0 saturated carbocycles. The van der Waals surface area contributed by atoms with E-state index >= 15 is 0 Å². The third kappa shape index (κ3) is 11.6. The maximum atomic E-state index is 14.1. The topological polar surface area (TPSA) is 270 Å². The van der Waals surface area contributed by atoms with Gasteiger partial charge in [0.05, 0.1) is 23.7 Å². The molecule has 320 valence electrons. The number of ether oxygens (including phenoxy) is 4. The van der Waals surface area contributed by atoms with Crippen molar-refractivity contribution in [2.45, 2.75) is 71.2 Å². The van der Waals surface area contributed by atoms with Crippen LogP contribution in [0, 0.1) is 0 Å². The smallest absolute Gasteiger partial charge is 0.353 e. The van der Waals surface area contributed by atoms with Crippen molar-refractivity contribution >= 4 is 80.2 Å². The van der Waals surface area contributed by atoms with Crippen molar-refractivity contribution in [3.63, 3.8) is 0 Å². The highest BCUT2D eigenvalue weighted by Gasteiger charge is 2.53. The van der Waals surface area contributed by atoms with Gasteiger partial charge in [-0.25, -0.2) is 4.79 Å². The van der Waals surface area contributed by atoms with Gasteiger partial charge in [-0.1, -0.05) is 23.7 Å². The highest BCUT2D eigenvalue weighted by molar-refractivity contribution is 7.19. The van der Waals surface area contributed by atoms with Crippen molar-refractivity contribution in [2.24, 2.45) is 0 Å². The lowest BCUT2D eigenvalue weighted by molar-refractivity contribution is -0.155. The number of carboxylic acid groups (broad SMARTS) is 1. The molecule has 4 atom stereocenters. The van der Waals surface area contributed by atoms with Gasteiger partial charge in [0, 0.05) is 45.8 Å². The summed E-state index contributed by atoms with van der Waals surface area (Å²) in [6.07, 6.45) is 0.819. The van der Waals surface area contributed by atoms with E-state index in [1.165, 1.54) is 36.4 Å². The molecule has 2 aromatic rings. The van der Waals surface area contributed by atoms with E-state index < -0.39 is 89.5 Å². The summed E-state index contributed by atoms with van der Waals surface area (Å²) >= 11 is 6.03. The minimum absolute atomic E-state index is 0.00705. The number of halogens is 1. The molecule has 4 rings (SSSR count). The van der Waals surface area contributed by atoms with Gasteiger partial charge in [-0.05, 0) is 49.9 Å². The summed E-state index contributed by atoms with van der Waals surface area (Å²) in [5, 5.41) is 17.1. The first-order valence-corrected chi connectivity index (χ1v) is 19.2. The quantitative estimate of drug-likeness (QED) is 0.0575. The van der Waals surface area contributed by atoms with Gasteiger partial charge in [0.25, 0.3) is 17.7 Å². The summed E-state index contributed by atoms with van der Waals surface area (Å²) < 4.78 is 20.6. The summed E-state index contributed by atoms with van der Waals surface area (Å²) in [4.78, 5) is 127. The molecular formula is C38H41ClN5O15P. The molecule has 1 fully saturated rings. The molecule has 0 radical (unpaired) electrons. The van der Waals surface area contributed by atoms with E-state index in [9.17, 15) is 53.1 Å². The molecule has 0 aromatic heterocycles. The number of aliphatic carboxylic acids is 1. The molecule has 2 aliphatic heterocycles. The second-order valence-electron chi connectivity index (χ2n) is 13.2. The van der Waals surface area contributed by atoms with Crippen molar-refractivity contribution in [1.82, 2.24) is 25.8 Å². The van der Waals surface area contributed by atoms with Gasteiger partial charge < -0.3 is 44.9 Å². The number of fused-ring (bicyclic) bond motifs is 1. The molecule has 22 heteroatoms. The van der Waals surface area contributed by atoms with Crippen molar-refractivity contribution in [3.05, 3.63) is 58.3 Å². The predicted molar refractivity (Wildman–Crippen MR) is 210 cm³/mol. The van der Waals surface area contributed by atoms with Crippen LogP contribution in [0.25, 0.3) is 0 Å². The number of hydrogen-bond donors (Lipinski definition) is 4. The summed E-state index contributed by atoms with van der Waals surface area (Å²) in [6.45, 7) is 3.58. The Labute approximate surface area is 349 Å². The molecule has 20 nitrogen and oxygen atoms in total. The number of carbonyl (C=O) groups excluding carboxylic acids is 9. The fourth-order valence-corrected chi connectivity index (χ4v) is 6.78. The van der Waals surface area contributed by atoms with E-state index in [2.05, 4.69) is 25.2 Å².